The number of unbranched alkanes of at least 4 members (excludes halogenated alkanes) is 27. The third-order valence-corrected chi connectivity index (χ3v) is 10.2. The van der Waals surface area contributed by atoms with Crippen LogP contribution in [0.25, 0.3) is 0 Å². The maximum absolute atomic E-state index is 12.4. The highest BCUT2D eigenvalue weighted by Crippen LogP contribution is 2.36. The largest absolute Gasteiger partial charge is 0.469 e. The third-order valence-electron chi connectivity index (χ3n) is 9.72. The Morgan fingerprint density at radius 2 is 0.849 bits per heavy atom. The number of phosphoric acid groups is 1. The molecule has 0 unspecified atom stereocenters. The summed E-state index contributed by atoms with van der Waals surface area (Å²) in [5.74, 6) is -0.879. The number of ether oxygens (including phenoxy) is 2. The second-order valence-corrected chi connectivity index (χ2v) is 16.3. The lowest BCUT2D eigenvalue weighted by Gasteiger charge is -2.18. The quantitative estimate of drug-likeness (QED) is 0.0273. The number of esters is 2. The van der Waals surface area contributed by atoms with Gasteiger partial charge in [0.2, 0.25) is 0 Å². The normalized spacial score (nSPS) is 12.6. The van der Waals surface area contributed by atoms with Gasteiger partial charge in [-0.15, -0.1) is 0 Å². The monoisotopic (exact) mass is 771 g/mol. The predicted octanol–water partition coefficient (Wildman–Crippen LogP) is 13.6. The van der Waals surface area contributed by atoms with E-state index < -0.39 is 32.5 Å². The molecule has 0 aromatic heterocycles. The van der Waals surface area contributed by atoms with Gasteiger partial charge in [0.25, 0.3) is 0 Å². The molecule has 0 aliphatic carbocycles. The van der Waals surface area contributed by atoms with Crippen molar-refractivity contribution < 1.29 is 37.9 Å². The van der Waals surface area contributed by atoms with Gasteiger partial charge in [-0.1, -0.05) is 192 Å². The van der Waals surface area contributed by atoms with Crippen LogP contribution in [-0.2, 0) is 28.2 Å². The van der Waals surface area contributed by atoms with Crippen molar-refractivity contribution in [1.82, 2.24) is 0 Å². The summed E-state index contributed by atoms with van der Waals surface area (Å²) in [6.45, 7) is 3.68. The Morgan fingerprint density at radius 3 is 1.28 bits per heavy atom. The lowest BCUT2D eigenvalue weighted by Crippen LogP contribution is -2.29. The van der Waals surface area contributed by atoms with Crippen LogP contribution in [-0.4, -0.2) is 41.0 Å². The molecule has 0 amide bonds. The standard InChI is InChI=1S/C44H83O8P/c1-3-5-7-9-11-13-15-17-19-21-22-23-25-26-28-30-32-34-36-38-43(45)50-40-42(41-51-53(47,48)49)52-44(46)39-37-35-33-31-29-27-24-20-18-16-14-12-10-8-6-4-2/h11,13,17,19,42H,3-10,12,14-16,18,20-41H2,1-2H3,(H2,47,48,49)/b13-11+,19-17+/t42-/m1/s1. The average Bonchev–Trinajstić information content (AvgIpc) is 3.13. The Bertz CT molecular complexity index is 915. The fraction of sp³-hybridized carbons (Fsp3) is 0.864. The number of allylic oxidation sites excluding steroid dienone is 4. The van der Waals surface area contributed by atoms with E-state index in [9.17, 15) is 14.2 Å². The average molecular weight is 771 g/mol. The SMILES string of the molecule is CCCCC/C=C/C/C=C/CCCCCCCCCCCC(=O)OC[C@H](COP(=O)(O)O)OC(=O)CCCCCCCCCCCCCCCCCC. The maximum Gasteiger partial charge on any atom is 0.469 e. The van der Waals surface area contributed by atoms with E-state index >= 15 is 0 Å². The van der Waals surface area contributed by atoms with Crippen LogP contribution in [0.5, 0.6) is 0 Å². The molecule has 0 rings (SSSR count). The Hall–Kier alpha value is -1.47. The van der Waals surface area contributed by atoms with Crippen LogP contribution in [0.1, 0.15) is 226 Å². The third kappa shape index (κ3) is 43.1. The molecule has 0 saturated heterocycles. The molecule has 0 bridgehead atoms. The molecule has 0 aromatic carbocycles. The minimum absolute atomic E-state index is 0.216. The van der Waals surface area contributed by atoms with Crippen molar-refractivity contribution in [3.05, 3.63) is 24.3 Å². The van der Waals surface area contributed by atoms with Crippen LogP contribution in [0.4, 0.5) is 0 Å². The molecule has 0 radical (unpaired) electrons. The zero-order valence-electron chi connectivity index (χ0n) is 34.4. The van der Waals surface area contributed by atoms with Gasteiger partial charge in [-0.05, 0) is 44.9 Å². The number of hydrogen-bond acceptors (Lipinski definition) is 6. The lowest BCUT2D eigenvalue weighted by atomic mass is 10.0. The van der Waals surface area contributed by atoms with Crippen molar-refractivity contribution in [2.75, 3.05) is 13.2 Å². The summed E-state index contributed by atoms with van der Waals surface area (Å²) >= 11 is 0. The van der Waals surface area contributed by atoms with Crippen LogP contribution in [0.15, 0.2) is 24.3 Å². The lowest BCUT2D eigenvalue weighted by molar-refractivity contribution is -0.161. The van der Waals surface area contributed by atoms with Gasteiger partial charge >= 0.3 is 19.8 Å². The predicted molar refractivity (Wildman–Crippen MR) is 221 cm³/mol. The topological polar surface area (TPSA) is 119 Å². The summed E-state index contributed by atoms with van der Waals surface area (Å²) in [4.78, 5) is 42.9. The van der Waals surface area contributed by atoms with E-state index in [0.29, 0.717) is 6.42 Å². The summed E-state index contributed by atoms with van der Waals surface area (Å²) in [5, 5.41) is 0. The first-order valence-electron chi connectivity index (χ1n) is 22.1. The molecule has 0 heterocycles. The summed E-state index contributed by atoms with van der Waals surface area (Å²) in [5.41, 5.74) is 0. The molecular formula is C44H83O8P. The summed E-state index contributed by atoms with van der Waals surface area (Å²) in [6, 6.07) is 0. The second kappa shape index (κ2) is 40.2. The number of carbonyl (C=O) groups excluding carboxylic acids is 2. The van der Waals surface area contributed by atoms with Crippen molar-refractivity contribution in [3.63, 3.8) is 0 Å². The summed E-state index contributed by atoms with van der Waals surface area (Å²) in [6.07, 6.45) is 46.1. The van der Waals surface area contributed by atoms with Crippen molar-refractivity contribution in [2.24, 2.45) is 0 Å². The van der Waals surface area contributed by atoms with Crippen LogP contribution in [0.3, 0.4) is 0 Å². The van der Waals surface area contributed by atoms with E-state index in [-0.39, 0.29) is 19.4 Å². The van der Waals surface area contributed by atoms with Gasteiger partial charge in [-0.3, -0.25) is 14.1 Å². The van der Waals surface area contributed by atoms with Crippen LogP contribution in [0, 0.1) is 0 Å². The van der Waals surface area contributed by atoms with Gasteiger partial charge in [0.1, 0.15) is 6.61 Å². The number of hydrogen-bond donors (Lipinski definition) is 2. The minimum Gasteiger partial charge on any atom is -0.462 e. The Balaban J connectivity index is 3.86. The van der Waals surface area contributed by atoms with E-state index in [1.807, 2.05) is 0 Å². The first-order valence-corrected chi connectivity index (χ1v) is 23.7. The Kier molecular flexibility index (Phi) is 39.1. The molecule has 312 valence electrons. The number of carbonyl (C=O) groups is 2. The second-order valence-electron chi connectivity index (χ2n) is 15.0. The molecule has 8 nitrogen and oxygen atoms in total. The fourth-order valence-corrected chi connectivity index (χ4v) is 6.77. The first-order chi connectivity index (χ1) is 25.8. The molecule has 1 atom stereocenters. The highest BCUT2D eigenvalue weighted by atomic mass is 31.2. The zero-order valence-corrected chi connectivity index (χ0v) is 35.3. The zero-order chi connectivity index (χ0) is 38.9. The first kappa shape index (κ1) is 51.5. The Morgan fingerprint density at radius 1 is 0.491 bits per heavy atom. The molecule has 0 spiro atoms. The van der Waals surface area contributed by atoms with Crippen molar-refractivity contribution in [3.8, 4) is 0 Å². The summed E-state index contributed by atoms with van der Waals surface area (Å²) in [7, 11) is -4.75. The van der Waals surface area contributed by atoms with Gasteiger partial charge in [-0.25, -0.2) is 4.57 Å². The number of phosphoric ester groups is 1. The molecule has 9 heteroatoms. The van der Waals surface area contributed by atoms with Crippen LogP contribution in [0.2, 0.25) is 0 Å². The highest BCUT2D eigenvalue weighted by Gasteiger charge is 2.22. The van der Waals surface area contributed by atoms with E-state index in [1.165, 1.54) is 141 Å². The van der Waals surface area contributed by atoms with Gasteiger partial charge in [0.15, 0.2) is 6.10 Å². The minimum atomic E-state index is -4.75. The van der Waals surface area contributed by atoms with E-state index in [4.69, 9.17) is 19.3 Å². The van der Waals surface area contributed by atoms with Crippen LogP contribution < -0.4 is 0 Å². The molecule has 0 saturated carbocycles. The fourth-order valence-electron chi connectivity index (χ4n) is 6.40. The van der Waals surface area contributed by atoms with Crippen LogP contribution >= 0.6 is 7.82 Å². The van der Waals surface area contributed by atoms with Crippen molar-refractivity contribution in [1.29, 1.82) is 0 Å². The van der Waals surface area contributed by atoms with Gasteiger partial charge in [-0.2, -0.15) is 0 Å². The smallest absolute Gasteiger partial charge is 0.462 e. The molecule has 53 heavy (non-hydrogen) atoms. The molecule has 0 aromatic rings. The highest BCUT2D eigenvalue weighted by molar-refractivity contribution is 7.46. The molecule has 0 aliphatic heterocycles. The number of rotatable bonds is 41. The maximum atomic E-state index is 12.4. The van der Waals surface area contributed by atoms with Gasteiger partial charge in [0.05, 0.1) is 6.61 Å². The van der Waals surface area contributed by atoms with E-state index in [1.54, 1.807) is 0 Å². The molecule has 2 N–H and O–H groups in total. The van der Waals surface area contributed by atoms with Gasteiger partial charge in [0, 0.05) is 12.8 Å². The van der Waals surface area contributed by atoms with E-state index in [0.717, 1.165) is 51.4 Å². The molecule has 0 aliphatic rings. The van der Waals surface area contributed by atoms with E-state index in [2.05, 4.69) is 42.7 Å². The Labute approximate surface area is 326 Å². The van der Waals surface area contributed by atoms with Crippen molar-refractivity contribution >= 4 is 19.8 Å². The van der Waals surface area contributed by atoms with Gasteiger partial charge < -0.3 is 19.3 Å². The van der Waals surface area contributed by atoms with Crippen molar-refractivity contribution in [2.45, 2.75) is 232 Å². The molecule has 0 fully saturated rings. The molecular weight excluding hydrogens is 687 g/mol. The summed E-state index contributed by atoms with van der Waals surface area (Å²) < 4.78 is 26.4.